The number of nitrogens with zero attached hydrogens (tertiary/aromatic N) is 1. The molecule has 0 atom stereocenters. The van der Waals surface area contributed by atoms with Gasteiger partial charge in [-0.05, 0) is 54.1 Å². The second kappa shape index (κ2) is 11.9. The summed E-state index contributed by atoms with van der Waals surface area (Å²) in [5, 5.41) is 5.95. The molecule has 0 saturated carbocycles. The number of anilines is 2. The van der Waals surface area contributed by atoms with E-state index in [1.807, 2.05) is 54.6 Å². The second-order valence-corrected chi connectivity index (χ2v) is 7.99. The van der Waals surface area contributed by atoms with Crippen LogP contribution in [-0.4, -0.2) is 56.2 Å². The van der Waals surface area contributed by atoms with E-state index in [2.05, 4.69) is 22.8 Å². The van der Waals surface area contributed by atoms with Crippen molar-refractivity contribution in [1.29, 1.82) is 0 Å². The fourth-order valence-electron chi connectivity index (χ4n) is 3.63. The molecule has 0 aromatic heterocycles. The first-order valence-electron chi connectivity index (χ1n) is 11.4. The number of hydrogen-bond donors (Lipinski definition) is 2. The number of rotatable bonds is 9. The molecule has 7 nitrogen and oxygen atoms in total. The highest BCUT2D eigenvalue weighted by Crippen LogP contribution is 2.17. The van der Waals surface area contributed by atoms with Crippen molar-refractivity contribution in [1.82, 2.24) is 4.90 Å². The monoisotopic (exact) mass is 459 g/mol. The van der Waals surface area contributed by atoms with Crippen LogP contribution in [0.2, 0.25) is 0 Å². The SMILES string of the molecule is O=C(CNc1ccc(C(=O)N2CCOCC2)cc1)Nc1ccc(OCCc2ccccc2)cc1. The van der Waals surface area contributed by atoms with Gasteiger partial charge in [0.2, 0.25) is 5.91 Å². The molecule has 34 heavy (non-hydrogen) atoms. The molecule has 1 heterocycles. The van der Waals surface area contributed by atoms with Crippen LogP contribution in [0.25, 0.3) is 0 Å². The van der Waals surface area contributed by atoms with Crippen molar-refractivity contribution < 1.29 is 19.1 Å². The van der Waals surface area contributed by atoms with E-state index in [9.17, 15) is 9.59 Å². The third-order valence-electron chi connectivity index (χ3n) is 5.52. The molecule has 0 unspecified atom stereocenters. The number of carbonyl (C=O) groups is 2. The summed E-state index contributed by atoms with van der Waals surface area (Å²) in [6, 6.07) is 24.7. The van der Waals surface area contributed by atoms with Crippen LogP contribution in [0.4, 0.5) is 11.4 Å². The van der Waals surface area contributed by atoms with Gasteiger partial charge in [0.15, 0.2) is 0 Å². The number of amides is 2. The van der Waals surface area contributed by atoms with Crippen LogP contribution < -0.4 is 15.4 Å². The third kappa shape index (κ3) is 6.83. The zero-order valence-corrected chi connectivity index (χ0v) is 19.0. The molecule has 1 saturated heterocycles. The summed E-state index contributed by atoms with van der Waals surface area (Å²) in [4.78, 5) is 26.6. The number of nitrogens with one attached hydrogen (secondary N) is 2. The first-order valence-corrected chi connectivity index (χ1v) is 11.4. The second-order valence-electron chi connectivity index (χ2n) is 7.99. The highest BCUT2D eigenvalue weighted by Gasteiger charge is 2.18. The normalized spacial score (nSPS) is 13.2. The lowest BCUT2D eigenvalue weighted by atomic mass is 10.1. The van der Waals surface area contributed by atoms with E-state index in [-0.39, 0.29) is 18.4 Å². The van der Waals surface area contributed by atoms with Crippen LogP contribution in [0.3, 0.4) is 0 Å². The molecule has 3 aromatic carbocycles. The molecule has 0 radical (unpaired) electrons. The van der Waals surface area contributed by atoms with Crippen molar-refractivity contribution in [3.63, 3.8) is 0 Å². The number of carbonyl (C=O) groups excluding carboxylic acids is 2. The summed E-state index contributed by atoms with van der Waals surface area (Å²) in [5.74, 6) is 0.602. The summed E-state index contributed by atoms with van der Waals surface area (Å²) >= 11 is 0. The zero-order valence-electron chi connectivity index (χ0n) is 19.0. The van der Waals surface area contributed by atoms with E-state index in [4.69, 9.17) is 9.47 Å². The minimum atomic E-state index is -0.161. The van der Waals surface area contributed by atoms with Gasteiger partial charge in [0.25, 0.3) is 5.91 Å². The van der Waals surface area contributed by atoms with Gasteiger partial charge in [-0.2, -0.15) is 0 Å². The summed E-state index contributed by atoms with van der Waals surface area (Å²) in [6.07, 6.45) is 0.841. The van der Waals surface area contributed by atoms with Crippen LogP contribution in [0, 0.1) is 0 Å². The molecule has 3 aromatic rings. The van der Waals surface area contributed by atoms with Gasteiger partial charge in [-0.3, -0.25) is 9.59 Å². The first kappa shape index (κ1) is 23.3. The Labute approximate surface area is 199 Å². The van der Waals surface area contributed by atoms with Crippen molar-refractivity contribution in [3.05, 3.63) is 90.0 Å². The lowest BCUT2D eigenvalue weighted by molar-refractivity contribution is -0.114. The maximum absolute atomic E-state index is 12.5. The van der Waals surface area contributed by atoms with Gasteiger partial charge in [0, 0.05) is 36.4 Å². The van der Waals surface area contributed by atoms with Gasteiger partial charge in [0.1, 0.15) is 5.75 Å². The van der Waals surface area contributed by atoms with Gasteiger partial charge < -0.3 is 25.0 Å². The van der Waals surface area contributed by atoms with E-state index in [0.717, 1.165) is 17.9 Å². The molecule has 2 amide bonds. The van der Waals surface area contributed by atoms with E-state index in [1.54, 1.807) is 17.0 Å². The maximum atomic E-state index is 12.5. The van der Waals surface area contributed by atoms with Crippen LogP contribution in [0.15, 0.2) is 78.9 Å². The van der Waals surface area contributed by atoms with E-state index < -0.39 is 0 Å². The highest BCUT2D eigenvalue weighted by atomic mass is 16.5. The summed E-state index contributed by atoms with van der Waals surface area (Å²) in [7, 11) is 0. The van der Waals surface area contributed by atoms with Crippen molar-refractivity contribution in [3.8, 4) is 5.75 Å². The van der Waals surface area contributed by atoms with Gasteiger partial charge in [0.05, 0.1) is 26.4 Å². The molecule has 1 aliphatic rings. The average molecular weight is 460 g/mol. The molecular weight excluding hydrogens is 430 g/mol. The molecule has 1 aliphatic heterocycles. The molecule has 0 aliphatic carbocycles. The summed E-state index contributed by atoms with van der Waals surface area (Å²) in [6.45, 7) is 3.08. The molecule has 1 fully saturated rings. The predicted octanol–water partition coefficient (Wildman–Crippen LogP) is 3.83. The lowest BCUT2D eigenvalue weighted by Crippen LogP contribution is -2.40. The maximum Gasteiger partial charge on any atom is 0.254 e. The average Bonchev–Trinajstić information content (AvgIpc) is 2.89. The topological polar surface area (TPSA) is 79.9 Å². The van der Waals surface area contributed by atoms with Crippen LogP contribution in [-0.2, 0) is 16.0 Å². The first-order chi connectivity index (χ1) is 16.7. The van der Waals surface area contributed by atoms with Gasteiger partial charge in [-0.15, -0.1) is 0 Å². The molecule has 0 spiro atoms. The molecule has 7 heteroatoms. The van der Waals surface area contributed by atoms with Crippen molar-refractivity contribution >= 4 is 23.2 Å². The molecule has 176 valence electrons. The number of ether oxygens (including phenoxy) is 2. The molecule has 2 N–H and O–H groups in total. The Morgan fingerprint density at radius 1 is 0.853 bits per heavy atom. The third-order valence-corrected chi connectivity index (χ3v) is 5.52. The Morgan fingerprint density at radius 3 is 2.24 bits per heavy atom. The minimum Gasteiger partial charge on any atom is -0.493 e. The molecule has 4 rings (SSSR count). The van der Waals surface area contributed by atoms with Crippen LogP contribution in [0.5, 0.6) is 5.75 Å². The van der Waals surface area contributed by atoms with Crippen molar-refractivity contribution in [2.24, 2.45) is 0 Å². The van der Waals surface area contributed by atoms with E-state index in [1.165, 1.54) is 5.56 Å². The Kier molecular flexibility index (Phi) is 8.13. The van der Waals surface area contributed by atoms with Crippen molar-refractivity contribution in [2.45, 2.75) is 6.42 Å². The fraction of sp³-hybridized carbons (Fsp3) is 0.259. The van der Waals surface area contributed by atoms with Gasteiger partial charge >= 0.3 is 0 Å². The number of benzene rings is 3. The lowest BCUT2D eigenvalue weighted by Gasteiger charge is -2.26. The zero-order chi connectivity index (χ0) is 23.6. The largest absolute Gasteiger partial charge is 0.493 e. The highest BCUT2D eigenvalue weighted by molar-refractivity contribution is 5.95. The molecule has 0 bridgehead atoms. The van der Waals surface area contributed by atoms with Crippen LogP contribution in [0.1, 0.15) is 15.9 Å². The van der Waals surface area contributed by atoms with Gasteiger partial charge in [-0.25, -0.2) is 0 Å². The van der Waals surface area contributed by atoms with E-state index >= 15 is 0 Å². The van der Waals surface area contributed by atoms with Gasteiger partial charge in [-0.1, -0.05) is 30.3 Å². The Morgan fingerprint density at radius 2 is 1.53 bits per heavy atom. The number of morpholine rings is 1. The minimum absolute atomic E-state index is 0.0000789. The summed E-state index contributed by atoms with van der Waals surface area (Å²) < 4.78 is 11.1. The standard InChI is InChI=1S/C27H29N3O4/c31-26(20-28-23-8-6-22(7-9-23)27(32)30-15-18-33-19-16-30)29-24-10-12-25(13-11-24)34-17-14-21-4-2-1-3-5-21/h1-13,28H,14-20H2,(H,29,31). The Bertz CT molecular complexity index is 1060. The van der Waals surface area contributed by atoms with Crippen molar-refractivity contribution in [2.75, 3.05) is 50.1 Å². The van der Waals surface area contributed by atoms with E-state index in [0.29, 0.717) is 44.2 Å². The van der Waals surface area contributed by atoms with Crippen LogP contribution >= 0.6 is 0 Å². The Hall–Kier alpha value is -3.84. The molecular formula is C27H29N3O4. The predicted molar refractivity (Wildman–Crippen MR) is 132 cm³/mol. The smallest absolute Gasteiger partial charge is 0.254 e. The Balaban J connectivity index is 1.19. The summed E-state index contributed by atoms with van der Waals surface area (Å²) in [5.41, 5.74) is 3.34. The quantitative estimate of drug-likeness (QED) is 0.508. The fourth-order valence-corrected chi connectivity index (χ4v) is 3.63. The number of hydrogen-bond acceptors (Lipinski definition) is 5.